The van der Waals surface area contributed by atoms with Crippen molar-refractivity contribution in [2.24, 2.45) is 5.73 Å². The van der Waals surface area contributed by atoms with Crippen LogP contribution in [0.15, 0.2) is 18.5 Å². The van der Waals surface area contributed by atoms with Crippen LogP contribution in [0.2, 0.25) is 0 Å². The molecule has 0 bridgehead atoms. The second-order valence-corrected chi connectivity index (χ2v) is 4.90. The molecule has 1 aromatic rings. The maximum absolute atomic E-state index is 12.3. The molecule has 5 nitrogen and oxygen atoms in total. The Morgan fingerprint density at radius 2 is 2.26 bits per heavy atom. The fourth-order valence-electron chi connectivity index (χ4n) is 1.68. The summed E-state index contributed by atoms with van der Waals surface area (Å²) in [5.41, 5.74) is 5.38. The number of nitrogens with zero attached hydrogens (tertiary/aromatic N) is 2. The third kappa shape index (κ3) is 4.70. The summed E-state index contributed by atoms with van der Waals surface area (Å²) in [6, 6.07) is 1.61. The Labute approximate surface area is 113 Å². The van der Waals surface area contributed by atoms with E-state index in [0.29, 0.717) is 11.1 Å². The Hall–Kier alpha value is -1.90. The maximum atomic E-state index is 12.3. The van der Waals surface area contributed by atoms with Gasteiger partial charge in [0.15, 0.2) is 0 Å². The van der Waals surface area contributed by atoms with Crippen LogP contribution in [0.4, 0.5) is 0 Å². The minimum Gasteiger partial charge on any atom is -0.389 e. The molecule has 0 spiro atoms. The molecule has 0 fully saturated rings. The molecular formula is C14H19N3O2. The number of aliphatic hydroxyl groups is 1. The topological polar surface area (TPSA) is 79.5 Å². The zero-order valence-electron chi connectivity index (χ0n) is 11.5. The maximum Gasteiger partial charge on any atom is 0.255 e. The highest BCUT2D eigenvalue weighted by Crippen LogP contribution is 2.11. The lowest BCUT2D eigenvalue weighted by Crippen LogP contribution is -2.39. The van der Waals surface area contributed by atoms with E-state index in [2.05, 4.69) is 16.8 Å². The van der Waals surface area contributed by atoms with Crippen molar-refractivity contribution in [3.05, 3.63) is 29.6 Å². The Bertz CT molecular complexity index is 509. The van der Waals surface area contributed by atoms with Gasteiger partial charge in [-0.25, -0.2) is 0 Å². The highest BCUT2D eigenvalue weighted by Gasteiger charge is 2.21. The summed E-state index contributed by atoms with van der Waals surface area (Å²) >= 11 is 0. The number of hydrogen-bond donors (Lipinski definition) is 2. The molecule has 0 saturated heterocycles. The average molecular weight is 261 g/mol. The van der Waals surface area contributed by atoms with E-state index in [-0.39, 0.29) is 19.0 Å². The van der Waals surface area contributed by atoms with Crippen LogP contribution >= 0.6 is 0 Å². The summed E-state index contributed by atoms with van der Waals surface area (Å²) in [5.74, 6) is 5.33. The van der Waals surface area contributed by atoms with Crippen LogP contribution in [0.25, 0.3) is 0 Å². The molecule has 0 aliphatic rings. The van der Waals surface area contributed by atoms with Crippen molar-refractivity contribution in [3.63, 3.8) is 0 Å². The molecule has 19 heavy (non-hydrogen) atoms. The van der Waals surface area contributed by atoms with E-state index in [4.69, 9.17) is 5.73 Å². The van der Waals surface area contributed by atoms with Gasteiger partial charge >= 0.3 is 0 Å². The average Bonchev–Trinajstić information content (AvgIpc) is 2.33. The highest BCUT2D eigenvalue weighted by atomic mass is 16.3. The standard InChI is InChI=1S/C14H19N3O2/c1-14(2,19)10-17(3)13(18)12-6-8-16-9-11(12)5-4-7-15/h6,8-9,19H,7,10,15H2,1-3H3. The largest absolute Gasteiger partial charge is 0.389 e. The molecule has 1 amide bonds. The molecule has 1 aromatic heterocycles. The molecule has 0 radical (unpaired) electrons. The Morgan fingerprint density at radius 3 is 2.84 bits per heavy atom. The minimum atomic E-state index is -0.944. The molecule has 102 valence electrons. The first-order valence-electron chi connectivity index (χ1n) is 5.96. The number of likely N-dealkylation sites (N-methyl/N-ethyl adjacent to an activating group) is 1. The number of aromatic nitrogens is 1. The van der Waals surface area contributed by atoms with Gasteiger partial charge in [0.05, 0.1) is 23.3 Å². The molecular weight excluding hydrogens is 242 g/mol. The second kappa shape index (κ2) is 6.32. The predicted molar refractivity (Wildman–Crippen MR) is 73.4 cm³/mol. The number of hydrogen-bond acceptors (Lipinski definition) is 4. The smallest absolute Gasteiger partial charge is 0.255 e. The van der Waals surface area contributed by atoms with Crippen molar-refractivity contribution in [2.75, 3.05) is 20.1 Å². The summed E-state index contributed by atoms with van der Waals surface area (Å²) < 4.78 is 0. The Balaban J connectivity index is 2.99. The van der Waals surface area contributed by atoms with Gasteiger partial charge in [0.1, 0.15) is 0 Å². The van der Waals surface area contributed by atoms with Crippen LogP contribution in [-0.2, 0) is 0 Å². The van der Waals surface area contributed by atoms with Gasteiger partial charge in [0.25, 0.3) is 5.91 Å². The summed E-state index contributed by atoms with van der Waals surface area (Å²) in [4.78, 5) is 17.7. The van der Waals surface area contributed by atoms with Crippen LogP contribution < -0.4 is 5.73 Å². The molecule has 0 aliphatic carbocycles. The van der Waals surface area contributed by atoms with Gasteiger partial charge < -0.3 is 15.7 Å². The minimum absolute atomic E-state index is 0.203. The van der Waals surface area contributed by atoms with E-state index in [1.807, 2.05) is 0 Å². The van der Waals surface area contributed by atoms with E-state index in [0.717, 1.165) is 0 Å². The summed E-state index contributed by atoms with van der Waals surface area (Å²) in [7, 11) is 1.64. The molecule has 0 aromatic carbocycles. The van der Waals surface area contributed by atoms with Crippen LogP contribution in [0, 0.1) is 11.8 Å². The first kappa shape index (κ1) is 15.2. The molecule has 0 unspecified atom stereocenters. The van der Waals surface area contributed by atoms with Crippen molar-refractivity contribution >= 4 is 5.91 Å². The van der Waals surface area contributed by atoms with Gasteiger partial charge in [-0.15, -0.1) is 0 Å². The van der Waals surface area contributed by atoms with Crippen LogP contribution in [0.5, 0.6) is 0 Å². The SMILES string of the molecule is CN(CC(C)(C)O)C(=O)c1ccncc1C#CCN. The lowest BCUT2D eigenvalue weighted by atomic mass is 10.1. The quantitative estimate of drug-likeness (QED) is 0.764. The number of carbonyl (C=O) groups is 1. The lowest BCUT2D eigenvalue weighted by Gasteiger charge is -2.25. The molecule has 0 atom stereocenters. The van der Waals surface area contributed by atoms with Gasteiger partial charge in [0.2, 0.25) is 0 Å². The van der Waals surface area contributed by atoms with Crippen molar-refractivity contribution in [1.82, 2.24) is 9.88 Å². The van der Waals surface area contributed by atoms with Gasteiger partial charge in [-0.05, 0) is 19.9 Å². The Morgan fingerprint density at radius 1 is 1.58 bits per heavy atom. The van der Waals surface area contributed by atoms with Crippen LogP contribution in [0.1, 0.15) is 29.8 Å². The number of amides is 1. The third-order valence-corrected chi connectivity index (χ3v) is 2.35. The van der Waals surface area contributed by atoms with E-state index in [1.165, 1.54) is 11.1 Å². The number of pyridine rings is 1. The van der Waals surface area contributed by atoms with Crippen molar-refractivity contribution < 1.29 is 9.90 Å². The first-order valence-corrected chi connectivity index (χ1v) is 5.96. The normalized spacial score (nSPS) is 10.6. The Kier molecular flexibility index (Phi) is 5.04. The first-order chi connectivity index (χ1) is 8.85. The lowest BCUT2D eigenvalue weighted by molar-refractivity contribution is 0.0367. The number of rotatable bonds is 3. The predicted octanol–water partition coefficient (Wildman–Crippen LogP) is 0.235. The van der Waals surface area contributed by atoms with Gasteiger partial charge in [0, 0.05) is 26.0 Å². The molecule has 0 aliphatic heterocycles. The van der Waals surface area contributed by atoms with Crippen LogP contribution in [-0.4, -0.2) is 46.6 Å². The van der Waals surface area contributed by atoms with Crippen molar-refractivity contribution in [2.45, 2.75) is 19.4 Å². The van der Waals surface area contributed by atoms with Crippen molar-refractivity contribution in [1.29, 1.82) is 0 Å². The van der Waals surface area contributed by atoms with Gasteiger partial charge in [-0.1, -0.05) is 11.8 Å². The summed E-state index contributed by atoms with van der Waals surface area (Å²) in [5, 5.41) is 9.74. The van der Waals surface area contributed by atoms with Gasteiger partial charge in [-0.2, -0.15) is 0 Å². The fraction of sp³-hybridized carbons (Fsp3) is 0.429. The molecule has 3 N–H and O–H groups in total. The third-order valence-electron chi connectivity index (χ3n) is 2.35. The number of carbonyl (C=O) groups excluding carboxylic acids is 1. The fourth-order valence-corrected chi connectivity index (χ4v) is 1.68. The van der Waals surface area contributed by atoms with E-state index in [1.54, 1.807) is 33.2 Å². The summed E-state index contributed by atoms with van der Waals surface area (Å²) in [6.07, 6.45) is 3.08. The van der Waals surface area contributed by atoms with E-state index in [9.17, 15) is 9.90 Å². The van der Waals surface area contributed by atoms with E-state index >= 15 is 0 Å². The second-order valence-electron chi connectivity index (χ2n) is 4.90. The molecule has 1 rings (SSSR count). The van der Waals surface area contributed by atoms with E-state index < -0.39 is 5.60 Å². The van der Waals surface area contributed by atoms with Crippen molar-refractivity contribution in [3.8, 4) is 11.8 Å². The molecule has 5 heteroatoms. The van der Waals surface area contributed by atoms with Gasteiger partial charge in [-0.3, -0.25) is 9.78 Å². The summed E-state index contributed by atoms with van der Waals surface area (Å²) in [6.45, 7) is 3.76. The highest BCUT2D eigenvalue weighted by molar-refractivity contribution is 5.96. The zero-order valence-corrected chi connectivity index (χ0v) is 11.5. The molecule has 0 saturated carbocycles. The molecule has 1 heterocycles. The number of nitrogens with two attached hydrogens (primary N) is 1. The van der Waals surface area contributed by atoms with Crippen LogP contribution in [0.3, 0.4) is 0 Å². The monoisotopic (exact) mass is 261 g/mol. The zero-order chi connectivity index (χ0) is 14.5.